The van der Waals surface area contributed by atoms with Gasteiger partial charge in [-0.1, -0.05) is 0 Å². The Kier molecular flexibility index (Phi) is 5.06. The summed E-state index contributed by atoms with van der Waals surface area (Å²) in [6, 6.07) is 2.06. The Morgan fingerprint density at radius 1 is 1.12 bits per heavy atom. The normalized spacial score (nSPS) is 29.1. The topological polar surface area (TPSA) is 165 Å². The van der Waals surface area contributed by atoms with Gasteiger partial charge in [0.25, 0.3) is 5.91 Å². The lowest BCUT2D eigenvalue weighted by atomic mass is 9.58. The Morgan fingerprint density at radius 3 is 2.30 bits per heavy atom. The SMILES string of the molecule is CN(C)c1ccc(O)c2c1CC1CC3[C@@H](N(C)C)C(O)=C(C(N)=O)C(=O)C3(O)C(O)=C1C2=O. The Labute approximate surface area is 190 Å². The second-order valence-corrected chi connectivity index (χ2v) is 9.31. The number of hydrogen-bond acceptors (Lipinski definition) is 9. The molecule has 0 heterocycles. The number of likely N-dealkylation sites (N-methyl/N-ethyl adjacent to an activating group) is 1. The standard InChI is InChI=1S/C23H27N3O7/c1-25(2)12-5-6-13(27)15-10(12)7-9-8-11-17(26(3)4)19(29)16(22(24)32)21(31)23(11,33)20(30)14(9)18(15)28/h5-6,9,11,17,27,29-30,33H,7-8H2,1-4H3,(H2,24,32)/t9?,11?,17-,23?/m1/s1. The third-order valence-electron chi connectivity index (χ3n) is 7.06. The first-order valence-corrected chi connectivity index (χ1v) is 10.5. The molecular formula is C23H27N3O7. The number of nitrogens with zero attached hydrogens (tertiary/aromatic N) is 2. The van der Waals surface area contributed by atoms with Crippen molar-refractivity contribution in [1.29, 1.82) is 0 Å². The number of aliphatic hydroxyl groups is 3. The van der Waals surface area contributed by atoms with Crippen molar-refractivity contribution in [3.63, 3.8) is 0 Å². The van der Waals surface area contributed by atoms with Crippen molar-refractivity contribution in [2.24, 2.45) is 17.6 Å². The molecule has 0 fully saturated rings. The highest BCUT2D eigenvalue weighted by Crippen LogP contribution is 2.52. The number of phenolic OH excluding ortho intramolecular Hbond substituents is 1. The number of amides is 1. The van der Waals surface area contributed by atoms with Crippen LogP contribution in [-0.2, 0) is 16.0 Å². The van der Waals surface area contributed by atoms with Gasteiger partial charge in [0, 0.05) is 31.3 Å². The average molecular weight is 457 g/mol. The number of carbonyl (C=O) groups is 3. The molecular weight excluding hydrogens is 430 g/mol. The molecule has 1 aromatic rings. The number of fused-ring (bicyclic) bond motifs is 3. The number of Topliss-reactive ketones (excluding diaryl/α,β-unsaturated/α-hetero) is 2. The second kappa shape index (κ2) is 7.32. The molecule has 0 radical (unpaired) electrons. The molecule has 33 heavy (non-hydrogen) atoms. The average Bonchev–Trinajstić information content (AvgIpc) is 2.70. The minimum absolute atomic E-state index is 0.00184. The number of ketones is 2. The number of phenols is 1. The summed E-state index contributed by atoms with van der Waals surface area (Å²) in [6.45, 7) is 0. The van der Waals surface area contributed by atoms with E-state index in [1.165, 1.54) is 11.0 Å². The monoisotopic (exact) mass is 457 g/mol. The van der Waals surface area contributed by atoms with Gasteiger partial charge < -0.3 is 31.1 Å². The number of nitrogens with two attached hydrogens (primary N) is 1. The molecule has 0 bridgehead atoms. The van der Waals surface area contributed by atoms with E-state index in [2.05, 4.69) is 0 Å². The molecule has 0 aromatic heterocycles. The third-order valence-corrected chi connectivity index (χ3v) is 7.06. The van der Waals surface area contributed by atoms with Crippen LogP contribution < -0.4 is 10.6 Å². The lowest BCUT2D eigenvalue weighted by molar-refractivity contribution is -0.148. The van der Waals surface area contributed by atoms with E-state index in [4.69, 9.17) is 5.73 Å². The zero-order valence-electron chi connectivity index (χ0n) is 18.8. The minimum atomic E-state index is -2.63. The number of hydrogen-bond donors (Lipinski definition) is 5. The van der Waals surface area contributed by atoms with E-state index in [-0.39, 0.29) is 29.7 Å². The molecule has 3 unspecified atom stereocenters. The summed E-state index contributed by atoms with van der Waals surface area (Å²) >= 11 is 0. The summed E-state index contributed by atoms with van der Waals surface area (Å²) in [5.41, 5.74) is 3.02. The van der Waals surface area contributed by atoms with Crippen molar-refractivity contribution in [2.75, 3.05) is 33.1 Å². The van der Waals surface area contributed by atoms with Crippen LogP contribution in [0.3, 0.4) is 0 Å². The number of primary amides is 1. The van der Waals surface area contributed by atoms with Crippen molar-refractivity contribution < 1.29 is 34.8 Å². The zero-order valence-corrected chi connectivity index (χ0v) is 18.8. The van der Waals surface area contributed by atoms with Crippen LogP contribution in [0.15, 0.2) is 34.8 Å². The Balaban J connectivity index is 1.98. The van der Waals surface area contributed by atoms with Gasteiger partial charge >= 0.3 is 0 Å². The maximum absolute atomic E-state index is 13.5. The number of carbonyl (C=O) groups excluding carboxylic acids is 3. The molecule has 10 heteroatoms. The number of anilines is 1. The Bertz CT molecular complexity index is 1170. The Hall–Kier alpha value is -3.37. The predicted octanol–water partition coefficient (Wildman–Crippen LogP) is 0.187. The first-order chi connectivity index (χ1) is 15.3. The van der Waals surface area contributed by atoms with Crippen LogP contribution in [0.4, 0.5) is 5.69 Å². The number of allylic oxidation sites excluding steroid dienone is 1. The molecule has 0 saturated carbocycles. The quantitative estimate of drug-likeness (QED) is 0.398. The second-order valence-electron chi connectivity index (χ2n) is 9.31. The van der Waals surface area contributed by atoms with Gasteiger partial charge in [-0.05, 0) is 50.6 Å². The first kappa shape index (κ1) is 22.8. The molecule has 0 saturated heterocycles. The van der Waals surface area contributed by atoms with E-state index in [9.17, 15) is 34.8 Å². The summed E-state index contributed by atoms with van der Waals surface area (Å²) in [5, 5.41) is 43.9. The van der Waals surface area contributed by atoms with Crippen molar-refractivity contribution in [3.05, 3.63) is 45.9 Å². The highest BCUT2D eigenvalue weighted by molar-refractivity contribution is 6.24. The van der Waals surface area contributed by atoms with Gasteiger partial charge in [-0.2, -0.15) is 0 Å². The first-order valence-electron chi connectivity index (χ1n) is 10.5. The number of rotatable bonds is 3. The van der Waals surface area contributed by atoms with E-state index >= 15 is 0 Å². The van der Waals surface area contributed by atoms with Gasteiger partial charge in [-0.25, -0.2) is 0 Å². The molecule has 1 aromatic carbocycles. The van der Waals surface area contributed by atoms with Crippen LogP contribution >= 0.6 is 0 Å². The summed E-state index contributed by atoms with van der Waals surface area (Å²) in [6.07, 6.45) is 0.324. The van der Waals surface area contributed by atoms with E-state index in [0.29, 0.717) is 5.56 Å². The fraction of sp³-hybridized carbons (Fsp3) is 0.435. The van der Waals surface area contributed by atoms with Crippen LogP contribution in [0.2, 0.25) is 0 Å². The maximum Gasteiger partial charge on any atom is 0.255 e. The minimum Gasteiger partial charge on any atom is -0.510 e. The number of aromatic hydroxyl groups is 1. The molecule has 1 amide bonds. The van der Waals surface area contributed by atoms with Crippen molar-refractivity contribution in [1.82, 2.24) is 4.90 Å². The molecule has 4 atom stereocenters. The molecule has 10 nitrogen and oxygen atoms in total. The smallest absolute Gasteiger partial charge is 0.255 e. The van der Waals surface area contributed by atoms with Crippen LogP contribution in [0.25, 0.3) is 0 Å². The van der Waals surface area contributed by atoms with Crippen molar-refractivity contribution >= 4 is 23.2 Å². The van der Waals surface area contributed by atoms with Crippen LogP contribution in [0.1, 0.15) is 22.3 Å². The van der Waals surface area contributed by atoms with E-state index in [1.54, 1.807) is 39.2 Å². The largest absolute Gasteiger partial charge is 0.510 e. The van der Waals surface area contributed by atoms with Crippen LogP contribution in [0, 0.1) is 11.8 Å². The lowest BCUT2D eigenvalue weighted by Crippen LogP contribution is -2.63. The van der Waals surface area contributed by atoms with Gasteiger partial charge in [0.15, 0.2) is 11.4 Å². The number of benzene rings is 1. The van der Waals surface area contributed by atoms with Gasteiger partial charge in [0.1, 0.15) is 22.8 Å². The highest BCUT2D eigenvalue weighted by Gasteiger charge is 2.63. The summed E-state index contributed by atoms with van der Waals surface area (Å²) in [5.74, 6) is -6.53. The molecule has 176 valence electrons. The molecule has 3 aliphatic carbocycles. The molecule has 3 aliphatic rings. The van der Waals surface area contributed by atoms with Crippen molar-refractivity contribution in [3.8, 4) is 5.75 Å². The van der Waals surface area contributed by atoms with Gasteiger partial charge in [-0.3, -0.25) is 19.3 Å². The Morgan fingerprint density at radius 2 is 1.76 bits per heavy atom. The zero-order chi connectivity index (χ0) is 24.6. The van der Waals surface area contributed by atoms with Crippen LogP contribution in [0.5, 0.6) is 5.75 Å². The third kappa shape index (κ3) is 2.90. The maximum atomic E-state index is 13.5. The van der Waals surface area contributed by atoms with Gasteiger partial charge in [0.05, 0.1) is 11.6 Å². The van der Waals surface area contributed by atoms with Gasteiger partial charge in [-0.15, -0.1) is 0 Å². The lowest BCUT2D eigenvalue weighted by Gasteiger charge is -2.50. The summed E-state index contributed by atoms with van der Waals surface area (Å²) < 4.78 is 0. The fourth-order valence-electron chi connectivity index (χ4n) is 5.65. The molecule has 4 rings (SSSR count). The summed E-state index contributed by atoms with van der Waals surface area (Å²) in [7, 11) is 6.79. The van der Waals surface area contributed by atoms with E-state index in [0.717, 1.165) is 5.69 Å². The van der Waals surface area contributed by atoms with E-state index in [1.807, 2.05) is 0 Å². The number of aliphatic hydroxyl groups excluding tert-OH is 2. The highest BCUT2D eigenvalue weighted by atomic mass is 16.3. The summed E-state index contributed by atoms with van der Waals surface area (Å²) in [4.78, 5) is 42.0. The van der Waals surface area contributed by atoms with Crippen molar-refractivity contribution in [2.45, 2.75) is 24.5 Å². The van der Waals surface area contributed by atoms with Gasteiger partial charge in [0.2, 0.25) is 5.78 Å². The molecule has 6 N–H and O–H groups in total. The molecule has 0 spiro atoms. The molecule has 0 aliphatic heterocycles. The van der Waals surface area contributed by atoms with E-state index < -0.39 is 58.0 Å². The predicted molar refractivity (Wildman–Crippen MR) is 118 cm³/mol. The van der Waals surface area contributed by atoms with Crippen LogP contribution in [-0.4, -0.2) is 82.6 Å². The fourth-order valence-corrected chi connectivity index (χ4v) is 5.65.